The Labute approximate surface area is 79.8 Å². The molecule has 0 amide bonds. The molecule has 0 saturated heterocycles. The molecule has 0 saturated carbocycles. The van der Waals surface area contributed by atoms with Gasteiger partial charge < -0.3 is 5.32 Å². The zero-order valence-corrected chi connectivity index (χ0v) is 8.25. The van der Waals surface area contributed by atoms with Gasteiger partial charge in [0.1, 0.15) is 0 Å². The molecule has 13 heavy (non-hydrogen) atoms. The lowest BCUT2D eigenvalue weighted by Gasteiger charge is -2.10. The molecule has 0 aromatic rings. The van der Waals surface area contributed by atoms with Crippen LogP contribution < -0.4 is 5.32 Å². The molecular formula is C11H16N2. The molecule has 0 fully saturated rings. The molecular weight excluding hydrogens is 160 g/mol. The maximum absolute atomic E-state index is 3.88. The molecule has 0 aromatic carbocycles. The van der Waals surface area contributed by atoms with Crippen molar-refractivity contribution >= 4 is 6.21 Å². The number of hydrogen-bond acceptors (Lipinski definition) is 2. The highest BCUT2D eigenvalue weighted by Crippen LogP contribution is 2.15. The normalized spacial score (nSPS) is 17.7. The van der Waals surface area contributed by atoms with Crippen molar-refractivity contribution in [3.8, 4) is 0 Å². The second-order valence-corrected chi connectivity index (χ2v) is 2.93. The minimum atomic E-state index is 1.12. The minimum Gasteiger partial charge on any atom is -0.391 e. The topological polar surface area (TPSA) is 24.4 Å². The van der Waals surface area contributed by atoms with Crippen molar-refractivity contribution in [1.29, 1.82) is 0 Å². The predicted molar refractivity (Wildman–Crippen MR) is 58.0 cm³/mol. The fraction of sp³-hybridized carbons (Fsp3) is 0.364. The molecule has 0 unspecified atom stereocenters. The van der Waals surface area contributed by atoms with Gasteiger partial charge in [-0.1, -0.05) is 12.2 Å². The number of allylic oxidation sites excluding steroid dienone is 6. The molecule has 1 aliphatic carbocycles. The van der Waals surface area contributed by atoms with Crippen LogP contribution in [0.2, 0.25) is 0 Å². The van der Waals surface area contributed by atoms with Gasteiger partial charge in [-0.15, -0.1) is 0 Å². The van der Waals surface area contributed by atoms with E-state index in [-0.39, 0.29) is 0 Å². The molecule has 1 rings (SSSR count). The minimum absolute atomic E-state index is 1.12. The van der Waals surface area contributed by atoms with Crippen LogP contribution in [0, 0.1) is 0 Å². The summed E-state index contributed by atoms with van der Waals surface area (Å²) in [6.45, 7) is 0. The molecule has 0 aliphatic heterocycles. The van der Waals surface area contributed by atoms with Gasteiger partial charge in [0.15, 0.2) is 0 Å². The smallest absolute Gasteiger partial charge is 0.0277 e. The Bertz CT molecular complexity index is 270. The highest BCUT2D eigenvalue weighted by molar-refractivity contribution is 5.72. The molecule has 1 aliphatic rings. The molecule has 2 nitrogen and oxygen atoms in total. The molecule has 1 N–H and O–H groups in total. The zero-order valence-electron chi connectivity index (χ0n) is 8.25. The van der Waals surface area contributed by atoms with E-state index in [0.717, 1.165) is 12.8 Å². The average molecular weight is 176 g/mol. The van der Waals surface area contributed by atoms with E-state index in [0.29, 0.717) is 0 Å². The fourth-order valence-electron chi connectivity index (χ4n) is 1.28. The third-order valence-electron chi connectivity index (χ3n) is 1.98. The van der Waals surface area contributed by atoms with E-state index in [1.807, 2.05) is 13.1 Å². The first-order chi connectivity index (χ1) is 6.36. The lowest BCUT2D eigenvalue weighted by Crippen LogP contribution is -2.07. The molecule has 0 heterocycles. The number of nitrogens with one attached hydrogen (secondary N) is 1. The van der Waals surface area contributed by atoms with E-state index >= 15 is 0 Å². The van der Waals surface area contributed by atoms with E-state index in [1.165, 1.54) is 11.3 Å². The number of aliphatic imine (C=N–C) groups is 1. The van der Waals surface area contributed by atoms with Gasteiger partial charge in [-0.2, -0.15) is 0 Å². The summed E-state index contributed by atoms with van der Waals surface area (Å²) in [5.74, 6) is 0. The molecule has 2 heteroatoms. The van der Waals surface area contributed by atoms with Crippen LogP contribution in [0.3, 0.4) is 0 Å². The zero-order chi connectivity index (χ0) is 9.52. The largest absolute Gasteiger partial charge is 0.391 e. The van der Waals surface area contributed by atoms with Crippen molar-refractivity contribution in [2.24, 2.45) is 4.99 Å². The van der Waals surface area contributed by atoms with Gasteiger partial charge in [-0.05, 0) is 30.6 Å². The van der Waals surface area contributed by atoms with Crippen LogP contribution in [0.4, 0.5) is 0 Å². The van der Waals surface area contributed by atoms with Crippen LogP contribution in [0.15, 0.2) is 40.6 Å². The Kier molecular flexibility index (Phi) is 4.03. The Morgan fingerprint density at radius 2 is 2.38 bits per heavy atom. The summed E-state index contributed by atoms with van der Waals surface area (Å²) in [7, 11) is 3.74. The van der Waals surface area contributed by atoms with Gasteiger partial charge in [0.25, 0.3) is 0 Å². The summed E-state index contributed by atoms with van der Waals surface area (Å²) in [5, 5.41) is 3.18. The molecule has 70 valence electrons. The first-order valence-corrected chi connectivity index (χ1v) is 4.54. The summed E-state index contributed by atoms with van der Waals surface area (Å²) >= 11 is 0. The van der Waals surface area contributed by atoms with Gasteiger partial charge in [-0.3, -0.25) is 4.99 Å². The lowest BCUT2D eigenvalue weighted by atomic mass is 10.0. The first-order valence-electron chi connectivity index (χ1n) is 4.54. The Morgan fingerprint density at radius 1 is 1.54 bits per heavy atom. The third-order valence-corrected chi connectivity index (χ3v) is 1.98. The van der Waals surface area contributed by atoms with Crippen molar-refractivity contribution in [1.82, 2.24) is 5.32 Å². The monoisotopic (exact) mass is 176 g/mol. The third kappa shape index (κ3) is 3.28. The van der Waals surface area contributed by atoms with Crippen LogP contribution in [-0.2, 0) is 0 Å². The maximum atomic E-state index is 3.88. The van der Waals surface area contributed by atoms with Crippen LogP contribution in [0.25, 0.3) is 0 Å². The molecule has 0 aromatic heterocycles. The highest BCUT2D eigenvalue weighted by atomic mass is 14.8. The van der Waals surface area contributed by atoms with Gasteiger partial charge >= 0.3 is 0 Å². The first kappa shape index (κ1) is 9.78. The maximum Gasteiger partial charge on any atom is 0.0277 e. The second-order valence-electron chi connectivity index (χ2n) is 2.93. The van der Waals surface area contributed by atoms with Crippen LogP contribution >= 0.6 is 0 Å². The molecule has 0 spiro atoms. The second kappa shape index (κ2) is 5.36. The van der Waals surface area contributed by atoms with Gasteiger partial charge in [0.05, 0.1) is 0 Å². The summed E-state index contributed by atoms with van der Waals surface area (Å²) in [5.41, 5.74) is 2.56. The summed E-state index contributed by atoms with van der Waals surface area (Å²) in [4.78, 5) is 3.88. The van der Waals surface area contributed by atoms with Crippen molar-refractivity contribution < 1.29 is 0 Å². The van der Waals surface area contributed by atoms with E-state index in [9.17, 15) is 0 Å². The Hall–Kier alpha value is -1.31. The van der Waals surface area contributed by atoms with E-state index in [1.54, 1.807) is 13.3 Å². The fourth-order valence-corrected chi connectivity index (χ4v) is 1.28. The molecule has 0 bridgehead atoms. The van der Waals surface area contributed by atoms with Crippen LogP contribution in [0.1, 0.15) is 12.8 Å². The summed E-state index contributed by atoms with van der Waals surface area (Å²) in [6, 6.07) is 0. The van der Waals surface area contributed by atoms with Crippen LogP contribution in [-0.4, -0.2) is 20.3 Å². The van der Waals surface area contributed by atoms with E-state index in [4.69, 9.17) is 0 Å². The number of nitrogens with zero attached hydrogens (tertiary/aromatic N) is 1. The van der Waals surface area contributed by atoms with E-state index < -0.39 is 0 Å². The summed E-state index contributed by atoms with van der Waals surface area (Å²) in [6.07, 6.45) is 12.5. The quantitative estimate of drug-likeness (QED) is 0.654. The average Bonchev–Trinajstić information content (AvgIpc) is 2.19. The number of hydrogen-bond donors (Lipinski definition) is 1. The highest BCUT2D eigenvalue weighted by Gasteiger charge is 2.00. The molecule has 0 radical (unpaired) electrons. The van der Waals surface area contributed by atoms with Crippen molar-refractivity contribution in [2.75, 3.05) is 14.1 Å². The van der Waals surface area contributed by atoms with E-state index in [2.05, 4.69) is 28.5 Å². The lowest BCUT2D eigenvalue weighted by molar-refractivity contribution is 0.836. The van der Waals surface area contributed by atoms with Crippen molar-refractivity contribution in [2.45, 2.75) is 12.8 Å². The van der Waals surface area contributed by atoms with Gasteiger partial charge in [0.2, 0.25) is 0 Å². The standard InChI is InChI=1S/C11H16N2/c1-12-8-4-6-10-5-3-7-11(9-10)13-2/h4-6,8-9,13H,3,7H2,1-2H3/b6-4-,12-8-. The Morgan fingerprint density at radius 3 is 3.08 bits per heavy atom. The van der Waals surface area contributed by atoms with Gasteiger partial charge in [-0.25, -0.2) is 0 Å². The van der Waals surface area contributed by atoms with Gasteiger partial charge in [0, 0.05) is 26.0 Å². The van der Waals surface area contributed by atoms with Crippen molar-refractivity contribution in [3.05, 3.63) is 35.6 Å². The van der Waals surface area contributed by atoms with Crippen molar-refractivity contribution in [3.63, 3.8) is 0 Å². The predicted octanol–water partition coefficient (Wildman–Crippen LogP) is 2.07. The SMILES string of the molecule is C/N=C\C=C/C1=CCCC(NC)=C1. The number of rotatable bonds is 3. The van der Waals surface area contributed by atoms with Crippen LogP contribution in [0.5, 0.6) is 0 Å². The summed E-state index contributed by atoms with van der Waals surface area (Å²) < 4.78 is 0. The molecule has 0 atom stereocenters. The Balaban J connectivity index is 2.60.